The molecule has 1 aromatic heterocycles. The molecule has 0 spiro atoms. The van der Waals surface area contributed by atoms with Crippen molar-refractivity contribution < 1.29 is 0 Å². The van der Waals surface area contributed by atoms with Crippen molar-refractivity contribution in [1.29, 1.82) is 0 Å². The Labute approximate surface area is 102 Å². The zero-order chi connectivity index (χ0) is 11.2. The third kappa shape index (κ3) is 3.27. The van der Waals surface area contributed by atoms with Gasteiger partial charge < -0.3 is 10.6 Å². The standard InChI is InChI=1S/C12H21N3S/c1-13-7-4-5-10-9-15-12(16-10)11-6-2-3-8-14-11/h9,11,13-14H,2-8H2,1H3. The lowest BCUT2D eigenvalue weighted by atomic mass is 10.1. The highest BCUT2D eigenvalue weighted by molar-refractivity contribution is 7.11. The maximum atomic E-state index is 4.55. The number of nitrogens with one attached hydrogen (secondary N) is 2. The number of hydrogen-bond donors (Lipinski definition) is 2. The first-order chi connectivity index (χ1) is 7.90. The van der Waals surface area contributed by atoms with Crippen molar-refractivity contribution in [2.45, 2.75) is 38.1 Å². The molecule has 2 rings (SSSR count). The van der Waals surface area contributed by atoms with Crippen LogP contribution in [-0.2, 0) is 6.42 Å². The van der Waals surface area contributed by atoms with Gasteiger partial charge in [0.15, 0.2) is 0 Å². The molecule has 16 heavy (non-hydrogen) atoms. The van der Waals surface area contributed by atoms with Crippen molar-refractivity contribution in [3.05, 3.63) is 16.1 Å². The minimum absolute atomic E-state index is 0.525. The van der Waals surface area contributed by atoms with Crippen LogP contribution in [0.3, 0.4) is 0 Å². The molecule has 0 bridgehead atoms. The van der Waals surface area contributed by atoms with E-state index >= 15 is 0 Å². The molecule has 1 unspecified atom stereocenters. The number of hydrogen-bond acceptors (Lipinski definition) is 4. The fourth-order valence-electron chi connectivity index (χ4n) is 2.10. The third-order valence-corrected chi connectivity index (χ3v) is 4.20. The Morgan fingerprint density at radius 2 is 2.50 bits per heavy atom. The van der Waals surface area contributed by atoms with Gasteiger partial charge in [0.05, 0.1) is 6.04 Å². The topological polar surface area (TPSA) is 37.0 Å². The van der Waals surface area contributed by atoms with Gasteiger partial charge in [-0.25, -0.2) is 4.98 Å². The molecule has 1 aromatic rings. The molecule has 1 aliphatic heterocycles. The van der Waals surface area contributed by atoms with E-state index in [4.69, 9.17) is 0 Å². The molecule has 1 fully saturated rings. The first-order valence-electron chi connectivity index (χ1n) is 6.22. The van der Waals surface area contributed by atoms with E-state index in [0.29, 0.717) is 6.04 Å². The Bertz CT molecular complexity index is 305. The van der Waals surface area contributed by atoms with Crippen LogP contribution in [0.4, 0.5) is 0 Å². The normalized spacial score (nSPS) is 21.2. The van der Waals surface area contributed by atoms with Gasteiger partial charge in [-0.1, -0.05) is 6.42 Å². The van der Waals surface area contributed by atoms with Crippen LogP contribution < -0.4 is 10.6 Å². The minimum Gasteiger partial charge on any atom is -0.320 e. The fourth-order valence-corrected chi connectivity index (χ4v) is 3.17. The van der Waals surface area contributed by atoms with Crippen LogP contribution >= 0.6 is 11.3 Å². The van der Waals surface area contributed by atoms with E-state index in [2.05, 4.69) is 21.8 Å². The first kappa shape index (κ1) is 12.0. The predicted molar refractivity (Wildman–Crippen MR) is 69.0 cm³/mol. The van der Waals surface area contributed by atoms with Gasteiger partial charge in [-0.2, -0.15) is 0 Å². The maximum absolute atomic E-state index is 4.55. The van der Waals surface area contributed by atoms with E-state index in [1.807, 2.05) is 18.4 Å². The van der Waals surface area contributed by atoms with E-state index in [0.717, 1.165) is 19.5 Å². The van der Waals surface area contributed by atoms with E-state index in [9.17, 15) is 0 Å². The van der Waals surface area contributed by atoms with Gasteiger partial charge in [0.1, 0.15) is 5.01 Å². The Morgan fingerprint density at radius 1 is 1.56 bits per heavy atom. The molecule has 0 aliphatic carbocycles. The number of aromatic nitrogens is 1. The van der Waals surface area contributed by atoms with Crippen LogP contribution in [0.5, 0.6) is 0 Å². The Hall–Kier alpha value is -0.450. The van der Waals surface area contributed by atoms with Crippen molar-refractivity contribution in [3.8, 4) is 0 Å². The fraction of sp³-hybridized carbons (Fsp3) is 0.750. The highest BCUT2D eigenvalue weighted by Gasteiger charge is 2.17. The molecule has 4 heteroatoms. The lowest BCUT2D eigenvalue weighted by Gasteiger charge is -2.21. The Morgan fingerprint density at radius 3 is 3.25 bits per heavy atom. The summed E-state index contributed by atoms with van der Waals surface area (Å²) in [7, 11) is 2.00. The van der Waals surface area contributed by atoms with Crippen LogP contribution in [0.2, 0.25) is 0 Å². The third-order valence-electron chi connectivity index (χ3n) is 3.03. The number of nitrogens with zero attached hydrogens (tertiary/aromatic N) is 1. The van der Waals surface area contributed by atoms with Crippen LogP contribution in [0.15, 0.2) is 6.20 Å². The van der Waals surface area contributed by atoms with E-state index in [1.54, 1.807) is 0 Å². The molecule has 0 saturated carbocycles. The highest BCUT2D eigenvalue weighted by Crippen LogP contribution is 2.27. The summed E-state index contributed by atoms with van der Waals surface area (Å²) in [5.41, 5.74) is 0. The number of rotatable bonds is 5. The van der Waals surface area contributed by atoms with Crippen molar-refractivity contribution >= 4 is 11.3 Å². The monoisotopic (exact) mass is 239 g/mol. The molecular weight excluding hydrogens is 218 g/mol. The summed E-state index contributed by atoms with van der Waals surface area (Å²) in [5.74, 6) is 0. The summed E-state index contributed by atoms with van der Waals surface area (Å²) in [4.78, 5) is 5.98. The zero-order valence-electron chi connectivity index (χ0n) is 9.96. The van der Waals surface area contributed by atoms with Gasteiger partial charge in [0, 0.05) is 11.1 Å². The molecule has 1 aliphatic rings. The molecule has 1 saturated heterocycles. The van der Waals surface area contributed by atoms with Crippen LogP contribution in [0.1, 0.15) is 41.6 Å². The Balaban J connectivity index is 1.85. The van der Waals surface area contributed by atoms with Gasteiger partial charge in [0.25, 0.3) is 0 Å². The SMILES string of the molecule is CNCCCc1cnc(C2CCCCN2)s1. The van der Waals surface area contributed by atoms with E-state index in [-0.39, 0.29) is 0 Å². The molecule has 0 aromatic carbocycles. The summed E-state index contributed by atoms with van der Waals surface area (Å²) in [6, 6.07) is 0.525. The summed E-state index contributed by atoms with van der Waals surface area (Å²) < 4.78 is 0. The molecule has 0 radical (unpaired) electrons. The second kappa shape index (κ2) is 6.33. The number of piperidine rings is 1. The molecule has 3 nitrogen and oxygen atoms in total. The smallest absolute Gasteiger partial charge is 0.110 e. The minimum atomic E-state index is 0.525. The summed E-state index contributed by atoms with van der Waals surface area (Å²) in [5, 5.41) is 8.02. The molecule has 1 atom stereocenters. The molecule has 90 valence electrons. The van der Waals surface area contributed by atoms with Crippen LogP contribution in [0, 0.1) is 0 Å². The molecular formula is C12H21N3S. The number of aryl methyl sites for hydroxylation is 1. The average molecular weight is 239 g/mol. The summed E-state index contributed by atoms with van der Waals surface area (Å²) in [6.07, 6.45) is 8.33. The zero-order valence-corrected chi connectivity index (χ0v) is 10.8. The number of thiazole rings is 1. The average Bonchev–Trinajstić information content (AvgIpc) is 2.79. The van der Waals surface area contributed by atoms with E-state index in [1.165, 1.54) is 35.6 Å². The lowest BCUT2D eigenvalue weighted by molar-refractivity contribution is 0.411. The van der Waals surface area contributed by atoms with Crippen molar-refractivity contribution in [2.24, 2.45) is 0 Å². The van der Waals surface area contributed by atoms with E-state index < -0.39 is 0 Å². The quantitative estimate of drug-likeness (QED) is 0.773. The van der Waals surface area contributed by atoms with Gasteiger partial charge in [-0.15, -0.1) is 11.3 Å². The van der Waals surface area contributed by atoms with Gasteiger partial charge in [0.2, 0.25) is 0 Å². The second-order valence-corrected chi connectivity index (χ2v) is 5.52. The molecule has 2 heterocycles. The predicted octanol–water partition coefficient (Wildman–Crippen LogP) is 2.11. The van der Waals surface area contributed by atoms with Gasteiger partial charge in [-0.3, -0.25) is 0 Å². The molecule has 0 amide bonds. The largest absolute Gasteiger partial charge is 0.320 e. The Kier molecular flexibility index (Phi) is 4.75. The highest BCUT2D eigenvalue weighted by atomic mass is 32.1. The van der Waals surface area contributed by atoms with Crippen molar-refractivity contribution in [1.82, 2.24) is 15.6 Å². The van der Waals surface area contributed by atoms with Crippen LogP contribution in [0.25, 0.3) is 0 Å². The lowest BCUT2D eigenvalue weighted by Crippen LogP contribution is -2.26. The van der Waals surface area contributed by atoms with Gasteiger partial charge >= 0.3 is 0 Å². The second-order valence-electron chi connectivity index (χ2n) is 4.37. The first-order valence-corrected chi connectivity index (χ1v) is 7.04. The summed E-state index contributed by atoms with van der Waals surface area (Å²) in [6.45, 7) is 2.24. The van der Waals surface area contributed by atoms with Gasteiger partial charge in [-0.05, 0) is 45.8 Å². The maximum Gasteiger partial charge on any atom is 0.110 e. The molecule has 2 N–H and O–H groups in total. The summed E-state index contributed by atoms with van der Waals surface area (Å²) >= 11 is 1.89. The van der Waals surface area contributed by atoms with Crippen molar-refractivity contribution in [2.75, 3.05) is 20.1 Å². The van der Waals surface area contributed by atoms with Crippen molar-refractivity contribution in [3.63, 3.8) is 0 Å². The van der Waals surface area contributed by atoms with Crippen LogP contribution in [-0.4, -0.2) is 25.1 Å².